The first-order valence-electron chi connectivity index (χ1n) is 9.92. The molecule has 0 saturated carbocycles. The molecule has 1 saturated heterocycles. The summed E-state index contributed by atoms with van der Waals surface area (Å²) in [4.78, 5) is 27.3. The minimum atomic E-state index is -0.704. The van der Waals surface area contributed by atoms with Gasteiger partial charge in [0.15, 0.2) is 11.5 Å². The molecule has 2 aromatic carbocycles. The largest absolute Gasteiger partial charge is 0.507 e. The number of hydrogen-bond acceptors (Lipinski definition) is 5. The highest BCUT2D eigenvalue weighted by molar-refractivity contribution is 6.46. The minimum absolute atomic E-state index is 0.0920. The summed E-state index contributed by atoms with van der Waals surface area (Å²) in [7, 11) is 3.07. The number of hydrogen-bond donors (Lipinski definition) is 1. The van der Waals surface area contributed by atoms with Gasteiger partial charge in [-0.25, -0.2) is 0 Å². The molecule has 3 rings (SSSR count). The van der Waals surface area contributed by atoms with Crippen molar-refractivity contribution in [2.75, 3.05) is 20.8 Å². The summed E-state index contributed by atoms with van der Waals surface area (Å²) < 4.78 is 10.7. The number of carbonyl (C=O) groups excluding carboxylic acids is 2. The van der Waals surface area contributed by atoms with Crippen LogP contribution in [0.5, 0.6) is 11.5 Å². The molecular weight excluding hydrogens is 382 g/mol. The fourth-order valence-electron chi connectivity index (χ4n) is 3.86. The predicted octanol–water partition coefficient (Wildman–Crippen LogP) is 4.15. The van der Waals surface area contributed by atoms with E-state index in [4.69, 9.17) is 9.47 Å². The number of aliphatic hydroxyl groups excluding tert-OH is 1. The van der Waals surface area contributed by atoms with Gasteiger partial charge in [0.1, 0.15) is 5.76 Å². The van der Waals surface area contributed by atoms with Gasteiger partial charge in [0.2, 0.25) is 0 Å². The van der Waals surface area contributed by atoms with E-state index in [9.17, 15) is 14.7 Å². The number of aliphatic hydroxyl groups is 1. The third-order valence-electron chi connectivity index (χ3n) is 5.38. The van der Waals surface area contributed by atoms with Crippen LogP contribution in [0.4, 0.5) is 0 Å². The Bertz CT molecular complexity index is 1020. The zero-order valence-corrected chi connectivity index (χ0v) is 18.0. The molecule has 0 aromatic heterocycles. The molecular formula is C24H27NO5. The predicted molar refractivity (Wildman–Crippen MR) is 115 cm³/mol. The maximum atomic E-state index is 13.0. The highest BCUT2D eigenvalue weighted by Crippen LogP contribution is 2.42. The molecule has 30 heavy (non-hydrogen) atoms. The van der Waals surface area contributed by atoms with Gasteiger partial charge in [0.25, 0.3) is 11.7 Å². The van der Waals surface area contributed by atoms with E-state index in [1.165, 1.54) is 12.0 Å². The topological polar surface area (TPSA) is 76.1 Å². The van der Waals surface area contributed by atoms with E-state index in [0.29, 0.717) is 35.6 Å². The van der Waals surface area contributed by atoms with Gasteiger partial charge < -0.3 is 19.5 Å². The number of aryl methyl sites for hydroxylation is 2. The first kappa shape index (κ1) is 21.4. The Morgan fingerprint density at radius 2 is 1.73 bits per heavy atom. The van der Waals surface area contributed by atoms with Crippen LogP contribution in [0.2, 0.25) is 0 Å². The number of rotatable bonds is 6. The molecule has 1 atom stereocenters. The van der Waals surface area contributed by atoms with Crippen molar-refractivity contribution in [2.45, 2.75) is 33.2 Å². The van der Waals surface area contributed by atoms with Gasteiger partial charge in [-0.3, -0.25) is 9.59 Å². The second-order valence-electron chi connectivity index (χ2n) is 7.43. The Morgan fingerprint density at radius 3 is 2.37 bits per heavy atom. The highest BCUT2D eigenvalue weighted by atomic mass is 16.5. The van der Waals surface area contributed by atoms with Gasteiger partial charge in [-0.2, -0.15) is 0 Å². The maximum Gasteiger partial charge on any atom is 0.295 e. The molecule has 2 aromatic rings. The molecule has 6 nitrogen and oxygen atoms in total. The van der Waals surface area contributed by atoms with Crippen LogP contribution in [-0.4, -0.2) is 42.5 Å². The van der Waals surface area contributed by atoms with Crippen molar-refractivity contribution in [3.63, 3.8) is 0 Å². The number of ether oxygens (including phenoxy) is 2. The molecule has 1 amide bonds. The second-order valence-corrected chi connectivity index (χ2v) is 7.43. The van der Waals surface area contributed by atoms with Gasteiger partial charge in [0.05, 0.1) is 25.8 Å². The van der Waals surface area contributed by atoms with Crippen molar-refractivity contribution in [2.24, 2.45) is 0 Å². The molecule has 1 fully saturated rings. The Labute approximate surface area is 176 Å². The smallest absolute Gasteiger partial charge is 0.295 e. The quantitative estimate of drug-likeness (QED) is 0.441. The third-order valence-corrected chi connectivity index (χ3v) is 5.38. The van der Waals surface area contributed by atoms with Gasteiger partial charge in [-0.1, -0.05) is 30.7 Å². The van der Waals surface area contributed by atoms with Crippen LogP contribution in [0.25, 0.3) is 5.76 Å². The number of ketones is 1. The monoisotopic (exact) mass is 409 g/mol. The molecule has 0 aliphatic carbocycles. The van der Waals surface area contributed by atoms with Crippen LogP contribution in [0, 0.1) is 13.8 Å². The molecule has 6 heteroatoms. The van der Waals surface area contributed by atoms with Crippen molar-refractivity contribution in [1.29, 1.82) is 0 Å². The molecule has 1 heterocycles. The first-order valence-corrected chi connectivity index (χ1v) is 9.92. The van der Waals surface area contributed by atoms with E-state index < -0.39 is 17.7 Å². The summed E-state index contributed by atoms with van der Waals surface area (Å²) in [5.74, 6) is -0.412. The SMILES string of the molecule is CCCN1C(=O)C(=O)/C(=C(/O)c2cc(C)ccc2C)C1c1ccc(OC)c(OC)c1. The molecule has 0 radical (unpaired) electrons. The third kappa shape index (κ3) is 3.65. The highest BCUT2D eigenvalue weighted by Gasteiger charge is 2.46. The van der Waals surface area contributed by atoms with Crippen LogP contribution in [-0.2, 0) is 9.59 Å². The van der Waals surface area contributed by atoms with Crippen molar-refractivity contribution in [3.05, 3.63) is 64.2 Å². The van der Waals surface area contributed by atoms with E-state index in [0.717, 1.165) is 11.1 Å². The number of benzene rings is 2. The minimum Gasteiger partial charge on any atom is -0.507 e. The summed E-state index contributed by atoms with van der Waals surface area (Å²) in [5, 5.41) is 11.2. The lowest BCUT2D eigenvalue weighted by molar-refractivity contribution is -0.139. The van der Waals surface area contributed by atoms with E-state index in [1.807, 2.05) is 39.0 Å². The van der Waals surface area contributed by atoms with Gasteiger partial charge in [-0.15, -0.1) is 0 Å². The van der Waals surface area contributed by atoms with Gasteiger partial charge in [0, 0.05) is 12.1 Å². The molecule has 0 spiro atoms. The lowest BCUT2D eigenvalue weighted by atomic mass is 9.93. The lowest BCUT2D eigenvalue weighted by Crippen LogP contribution is -2.30. The number of likely N-dealkylation sites (tertiary alicyclic amines) is 1. The van der Waals surface area contributed by atoms with Crippen molar-refractivity contribution >= 4 is 17.4 Å². The van der Waals surface area contributed by atoms with Crippen LogP contribution in [0.1, 0.15) is 41.6 Å². The number of nitrogens with zero attached hydrogens (tertiary/aromatic N) is 1. The number of amides is 1. The van der Waals surface area contributed by atoms with E-state index in [2.05, 4.69) is 0 Å². The fourth-order valence-corrected chi connectivity index (χ4v) is 3.86. The fraction of sp³-hybridized carbons (Fsp3) is 0.333. The van der Waals surface area contributed by atoms with Crippen molar-refractivity contribution in [1.82, 2.24) is 4.90 Å². The van der Waals surface area contributed by atoms with Crippen molar-refractivity contribution in [3.8, 4) is 11.5 Å². The molecule has 1 unspecified atom stereocenters. The van der Waals surface area contributed by atoms with Crippen LogP contribution >= 0.6 is 0 Å². The standard InChI is InChI=1S/C24H27NO5/c1-6-11-25-21(16-9-10-18(29-4)19(13-16)30-5)20(23(27)24(25)28)22(26)17-12-14(2)7-8-15(17)3/h7-10,12-13,21,26H,6,11H2,1-5H3/b22-20+. The summed E-state index contributed by atoms with van der Waals surface area (Å²) in [5.41, 5.74) is 3.09. The summed E-state index contributed by atoms with van der Waals surface area (Å²) in [6.45, 7) is 6.11. The van der Waals surface area contributed by atoms with E-state index in [-0.39, 0.29) is 11.3 Å². The van der Waals surface area contributed by atoms with Gasteiger partial charge >= 0.3 is 0 Å². The Balaban J connectivity index is 2.25. The van der Waals surface area contributed by atoms with E-state index in [1.54, 1.807) is 25.3 Å². The molecule has 158 valence electrons. The maximum absolute atomic E-state index is 13.0. The number of carbonyl (C=O) groups is 2. The molecule has 1 aliphatic heterocycles. The zero-order chi connectivity index (χ0) is 22.0. The van der Waals surface area contributed by atoms with Crippen LogP contribution < -0.4 is 9.47 Å². The summed E-state index contributed by atoms with van der Waals surface area (Å²) in [6.07, 6.45) is 0.681. The lowest BCUT2D eigenvalue weighted by Gasteiger charge is -2.25. The molecule has 1 aliphatic rings. The summed E-state index contributed by atoms with van der Waals surface area (Å²) in [6, 6.07) is 10.2. The second kappa shape index (κ2) is 8.61. The number of methoxy groups -OCH3 is 2. The van der Waals surface area contributed by atoms with Crippen LogP contribution in [0.3, 0.4) is 0 Å². The first-order chi connectivity index (χ1) is 14.3. The Morgan fingerprint density at radius 1 is 1.03 bits per heavy atom. The molecule has 0 bridgehead atoms. The number of Topliss-reactive ketones (excluding diaryl/α,β-unsaturated/α-hetero) is 1. The molecule has 1 N–H and O–H groups in total. The Hall–Kier alpha value is -3.28. The van der Waals surface area contributed by atoms with E-state index >= 15 is 0 Å². The summed E-state index contributed by atoms with van der Waals surface area (Å²) >= 11 is 0. The normalized spacial score (nSPS) is 18.0. The Kier molecular flexibility index (Phi) is 6.15. The van der Waals surface area contributed by atoms with Crippen molar-refractivity contribution < 1.29 is 24.2 Å². The average Bonchev–Trinajstić information content (AvgIpc) is 2.99. The van der Waals surface area contributed by atoms with Crippen LogP contribution in [0.15, 0.2) is 42.0 Å². The van der Waals surface area contributed by atoms with Gasteiger partial charge in [-0.05, 0) is 49.6 Å². The average molecular weight is 409 g/mol. The zero-order valence-electron chi connectivity index (χ0n) is 18.0.